The second-order valence-electron chi connectivity index (χ2n) is 4.09. The van der Waals surface area contributed by atoms with E-state index < -0.39 is 10.0 Å². The fraction of sp³-hybridized carbons (Fsp3) is 0.167. The molecule has 0 fully saturated rings. The Morgan fingerprint density at radius 1 is 1.45 bits per heavy atom. The number of aromatic nitrogens is 1. The van der Waals surface area contributed by atoms with Gasteiger partial charge in [-0.2, -0.15) is 5.26 Å². The van der Waals surface area contributed by atoms with Crippen LogP contribution in [0.3, 0.4) is 0 Å². The van der Waals surface area contributed by atoms with Crippen molar-refractivity contribution in [3.8, 4) is 6.07 Å². The fourth-order valence-electron chi connectivity index (χ4n) is 1.58. The van der Waals surface area contributed by atoms with Crippen molar-refractivity contribution in [2.45, 2.75) is 12.7 Å². The molecule has 8 heteroatoms. The first-order valence-corrected chi connectivity index (χ1v) is 7.96. The normalized spacial score (nSPS) is 11.1. The molecule has 0 unspecified atom stereocenters. The molecule has 1 N–H and O–H groups in total. The third-order valence-electron chi connectivity index (χ3n) is 2.38. The van der Waals surface area contributed by atoms with E-state index in [9.17, 15) is 8.42 Å². The maximum absolute atomic E-state index is 12.0. The van der Waals surface area contributed by atoms with Crippen molar-refractivity contribution in [3.05, 3.63) is 45.8 Å². The smallest absolute Gasteiger partial charge is 0.238 e. The summed E-state index contributed by atoms with van der Waals surface area (Å²) in [6.45, 7) is 1.68. The second kappa shape index (κ2) is 5.64. The van der Waals surface area contributed by atoms with E-state index in [2.05, 4.69) is 25.8 Å². The minimum atomic E-state index is -3.66. The Morgan fingerprint density at radius 2 is 2.20 bits per heavy atom. The van der Waals surface area contributed by atoms with Gasteiger partial charge in [-0.25, -0.2) is 8.42 Å². The van der Waals surface area contributed by atoms with Gasteiger partial charge in [0.25, 0.3) is 0 Å². The first-order valence-electron chi connectivity index (χ1n) is 5.52. The van der Waals surface area contributed by atoms with E-state index in [0.29, 0.717) is 15.9 Å². The van der Waals surface area contributed by atoms with Crippen LogP contribution in [0.4, 0.5) is 5.69 Å². The van der Waals surface area contributed by atoms with Gasteiger partial charge in [-0.15, -0.1) is 0 Å². The van der Waals surface area contributed by atoms with E-state index >= 15 is 0 Å². The van der Waals surface area contributed by atoms with Gasteiger partial charge in [0.05, 0.1) is 11.3 Å². The molecular weight excluding hydrogens is 346 g/mol. The van der Waals surface area contributed by atoms with Crippen LogP contribution in [0.5, 0.6) is 0 Å². The molecule has 2 aromatic rings. The van der Waals surface area contributed by atoms with Crippen molar-refractivity contribution in [1.29, 1.82) is 5.26 Å². The molecule has 0 aliphatic rings. The summed E-state index contributed by atoms with van der Waals surface area (Å²) >= 11 is 3.22. The fourth-order valence-corrected chi connectivity index (χ4v) is 3.05. The van der Waals surface area contributed by atoms with E-state index in [-0.39, 0.29) is 17.0 Å². The molecule has 6 nitrogen and oxygen atoms in total. The van der Waals surface area contributed by atoms with Crippen LogP contribution in [0.2, 0.25) is 0 Å². The lowest BCUT2D eigenvalue weighted by molar-refractivity contribution is 0.392. The number of hydrogen-bond acceptors (Lipinski definition) is 5. The van der Waals surface area contributed by atoms with Crippen molar-refractivity contribution in [2.75, 3.05) is 4.72 Å². The van der Waals surface area contributed by atoms with Crippen LogP contribution in [-0.4, -0.2) is 13.6 Å². The van der Waals surface area contributed by atoms with Gasteiger partial charge in [0.15, 0.2) is 0 Å². The number of rotatable bonds is 4. The zero-order chi connectivity index (χ0) is 14.8. The predicted octanol–water partition coefficient (Wildman–Crippen LogP) is 2.56. The lowest BCUT2D eigenvalue weighted by atomic mass is 10.2. The van der Waals surface area contributed by atoms with Crippen molar-refractivity contribution in [3.63, 3.8) is 0 Å². The van der Waals surface area contributed by atoms with Crippen molar-refractivity contribution < 1.29 is 12.9 Å². The van der Waals surface area contributed by atoms with Crippen LogP contribution in [0.1, 0.15) is 17.0 Å². The molecular formula is C12H10BrN3O3S. The number of anilines is 1. The van der Waals surface area contributed by atoms with Crippen molar-refractivity contribution >= 4 is 31.6 Å². The molecule has 0 aliphatic heterocycles. The minimum absolute atomic E-state index is 0.232. The Labute approximate surface area is 124 Å². The Kier molecular flexibility index (Phi) is 4.11. The highest BCUT2D eigenvalue weighted by molar-refractivity contribution is 9.10. The van der Waals surface area contributed by atoms with Crippen LogP contribution in [0, 0.1) is 18.3 Å². The van der Waals surface area contributed by atoms with Crippen LogP contribution in [0.25, 0.3) is 0 Å². The highest BCUT2D eigenvalue weighted by atomic mass is 79.9. The summed E-state index contributed by atoms with van der Waals surface area (Å²) in [6, 6.07) is 8.20. The highest BCUT2D eigenvalue weighted by Gasteiger charge is 2.16. The Balaban J connectivity index is 2.23. The summed E-state index contributed by atoms with van der Waals surface area (Å²) in [6.07, 6.45) is 0. The maximum Gasteiger partial charge on any atom is 0.238 e. The molecule has 0 amide bonds. The molecule has 1 aromatic heterocycles. The standard InChI is InChI=1S/C12H10BrN3O3S/c1-8-4-11(15-19-8)7-20(17,18)16-12-3-2-10(13)5-9(12)6-14/h2-5,16H,7H2,1H3. The zero-order valence-electron chi connectivity index (χ0n) is 10.4. The molecule has 0 saturated heterocycles. The largest absolute Gasteiger partial charge is 0.361 e. The van der Waals surface area contributed by atoms with Crippen LogP contribution < -0.4 is 4.72 Å². The summed E-state index contributed by atoms with van der Waals surface area (Å²) in [5.74, 6) is 0.224. The number of nitrogens with one attached hydrogen (secondary N) is 1. The van der Waals surface area contributed by atoms with Gasteiger partial charge in [0.2, 0.25) is 10.0 Å². The molecule has 0 spiro atoms. The topological polar surface area (TPSA) is 96.0 Å². The summed E-state index contributed by atoms with van der Waals surface area (Å²) in [5.41, 5.74) is 0.779. The molecule has 0 aliphatic carbocycles. The average molecular weight is 356 g/mol. The number of nitrogens with zero attached hydrogens (tertiary/aromatic N) is 2. The van der Waals surface area contributed by atoms with Gasteiger partial charge in [-0.1, -0.05) is 21.1 Å². The first kappa shape index (κ1) is 14.6. The quantitative estimate of drug-likeness (QED) is 0.908. The van der Waals surface area contributed by atoms with Crippen LogP contribution in [0.15, 0.2) is 33.3 Å². The van der Waals surface area contributed by atoms with Crippen LogP contribution in [-0.2, 0) is 15.8 Å². The molecule has 0 bridgehead atoms. The summed E-state index contributed by atoms with van der Waals surface area (Å²) < 4.78 is 31.9. The SMILES string of the molecule is Cc1cc(CS(=O)(=O)Nc2ccc(Br)cc2C#N)no1. The minimum Gasteiger partial charge on any atom is -0.361 e. The molecule has 0 atom stereocenters. The van der Waals surface area contributed by atoms with Gasteiger partial charge >= 0.3 is 0 Å². The molecule has 1 aromatic carbocycles. The van der Waals surface area contributed by atoms with Crippen molar-refractivity contribution in [2.24, 2.45) is 0 Å². The molecule has 1 heterocycles. The van der Waals surface area contributed by atoms with E-state index in [1.807, 2.05) is 6.07 Å². The van der Waals surface area contributed by atoms with Gasteiger partial charge in [0.1, 0.15) is 23.3 Å². The summed E-state index contributed by atoms with van der Waals surface area (Å²) in [5, 5.41) is 12.6. The molecule has 0 radical (unpaired) electrons. The monoisotopic (exact) mass is 355 g/mol. The van der Waals surface area contributed by atoms with Crippen LogP contribution >= 0.6 is 15.9 Å². The van der Waals surface area contributed by atoms with E-state index in [0.717, 1.165) is 0 Å². The zero-order valence-corrected chi connectivity index (χ0v) is 12.8. The lowest BCUT2D eigenvalue weighted by Crippen LogP contribution is -2.16. The molecule has 0 saturated carbocycles. The maximum atomic E-state index is 12.0. The highest BCUT2D eigenvalue weighted by Crippen LogP contribution is 2.22. The van der Waals surface area contributed by atoms with Gasteiger partial charge in [-0.05, 0) is 25.1 Å². The third kappa shape index (κ3) is 3.59. The van der Waals surface area contributed by atoms with Gasteiger partial charge in [-0.3, -0.25) is 4.72 Å². The van der Waals surface area contributed by atoms with Gasteiger partial charge in [0, 0.05) is 10.5 Å². The number of sulfonamides is 1. The number of benzene rings is 1. The number of nitriles is 1. The van der Waals surface area contributed by atoms with E-state index in [1.54, 1.807) is 19.1 Å². The van der Waals surface area contributed by atoms with E-state index in [1.165, 1.54) is 12.1 Å². The third-order valence-corrected chi connectivity index (χ3v) is 4.08. The summed E-state index contributed by atoms with van der Waals surface area (Å²) in [4.78, 5) is 0. The predicted molar refractivity (Wildman–Crippen MR) is 76.3 cm³/mol. The number of halogens is 1. The van der Waals surface area contributed by atoms with Crippen molar-refractivity contribution in [1.82, 2.24) is 5.16 Å². The molecule has 20 heavy (non-hydrogen) atoms. The number of aryl methyl sites for hydroxylation is 1. The van der Waals surface area contributed by atoms with Gasteiger partial charge < -0.3 is 4.52 Å². The van der Waals surface area contributed by atoms with E-state index in [4.69, 9.17) is 9.78 Å². The average Bonchev–Trinajstić information content (AvgIpc) is 2.75. The Morgan fingerprint density at radius 3 is 2.80 bits per heavy atom. The molecule has 104 valence electrons. The second-order valence-corrected chi connectivity index (χ2v) is 6.73. The Bertz CT molecular complexity index is 777. The lowest BCUT2D eigenvalue weighted by Gasteiger charge is -2.08. The molecule has 2 rings (SSSR count). The Hall–Kier alpha value is -1.85. The first-order chi connectivity index (χ1) is 9.39. The number of hydrogen-bond donors (Lipinski definition) is 1. The summed E-state index contributed by atoms with van der Waals surface area (Å²) in [7, 11) is -3.66.